The molecule has 7 aromatic carbocycles. The van der Waals surface area contributed by atoms with Gasteiger partial charge < -0.3 is 28.7 Å². The van der Waals surface area contributed by atoms with Gasteiger partial charge in [-0.25, -0.2) is 9.13 Å². The van der Waals surface area contributed by atoms with Crippen molar-refractivity contribution in [3.8, 4) is 28.4 Å². The van der Waals surface area contributed by atoms with Crippen molar-refractivity contribution in [1.82, 2.24) is 4.90 Å². The van der Waals surface area contributed by atoms with Crippen molar-refractivity contribution in [2.24, 2.45) is 0 Å². The van der Waals surface area contributed by atoms with Crippen LogP contribution in [0.3, 0.4) is 0 Å². The number of anilines is 1. The Bertz CT molecular complexity index is 2680. The van der Waals surface area contributed by atoms with Crippen LogP contribution in [-0.4, -0.2) is 75.9 Å². The molecule has 1 aliphatic heterocycles. The number of thioether (sulfide) groups is 1. The van der Waals surface area contributed by atoms with Gasteiger partial charge in [-0.3, -0.25) is 24.4 Å². The van der Waals surface area contributed by atoms with Crippen molar-refractivity contribution >= 4 is 71.3 Å². The predicted octanol–water partition coefficient (Wildman–Crippen LogP) is 8.55. The first-order valence-electron chi connectivity index (χ1n) is 18.6. The molecule has 0 fully saturated rings. The molecule has 60 heavy (non-hydrogen) atoms. The molecule has 2 atom stereocenters. The number of nitrogens with zero attached hydrogens (tertiary/aromatic N) is 2. The van der Waals surface area contributed by atoms with E-state index >= 15 is 0 Å². The summed E-state index contributed by atoms with van der Waals surface area (Å²) in [5, 5.41) is 15.5. The van der Waals surface area contributed by atoms with Crippen LogP contribution in [0.15, 0.2) is 138 Å². The Morgan fingerprint density at radius 2 is 1.18 bits per heavy atom. The minimum atomic E-state index is -4.92. The molecule has 0 aromatic heterocycles. The number of carbonyl (C=O) groups is 1. The summed E-state index contributed by atoms with van der Waals surface area (Å²) in [5.41, 5.74) is 2.24. The summed E-state index contributed by atoms with van der Waals surface area (Å²) in [6.45, 7) is 1.22. The Hall–Kier alpha value is -5.24. The van der Waals surface area contributed by atoms with Gasteiger partial charge in [-0.1, -0.05) is 97.1 Å². The number of rotatable bonds is 10. The zero-order chi connectivity index (χ0) is 42.8. The van der Waals surface area contributed by atoms with E-state index < -0.39 is 27.0 Å². The molecule has 13 nitrogen and oxygen atoms in total. The van der Waals surface area contributed by atoms with Gasteiger partial charge in [0.15, 0.2) is 0 Å². The van der Waals surface area contributed by atoms with E-state index in [1.54, 1.807) is 72.7 Å². The van der Waals surface area contributed by atoms with Crippen LogP contribution >= 0.6 is 27.4 Å². The second-order valence-corrected chi connectivity index (χ2v) is 17.7. The number of carbonyl (C=O) groups excluding carboxylic acids is 1. The Balaban J connectivity index is 0.000000181. The minimum absolute atomic E-state index is 0.144. The summed E-state index contributed by atoms with van der Waals surface area (Å²) < 4.78 is 38.4. The fourth-order valence-electron chi connectivity index (χ4n) is 7.22. The van der Waals surface area contributed by atoms with Crippen LogP contribution in [0.4, 0.5) is 5.69 Å². The molecule has 16 heteroatoms. The topological polar surface area (TPSA) is 187 Å². The summed E-state index contributed by atoms with van der Waals surface area (Å²) in [7, 11) is -4.26. The number of benzene rings is 7. The summed E-state index contributed by atoms with van der Waals surface area (Å²) in [5.74, 6) is 0.186. The summed E-state index contributed by atoms with van der Waals surface area (Å²) in [6.07, 6.45) is -1.16. The lowest BCUT2D eigenvalue weighted by Gasteiger charge is -2.33. The van der Waals surface area contributed by atoms with E-state index in [-0.39, 0.29) is 28.5 Å². The minimum Gasteiger partial charge on any atom is -0.497 e. The van der Waals surface area contributed by atoms with Gasteiger partial charge in [-0.15, -0.1) is 11.8 Å². The molecule has 1 heterocycles. The number of fused-ring (bicyclic) bond motifs is 2. The fraction of sp³-hybridized carbons (Fsp3) is 0.159. The van der Waals surface area contributed by atoms with Gasteiger partial charge in [0.05, 0.1) is 18.0 Å². The third-order valence-electron chi connectivity index (χ3n) is 9.88. The van der Waals surface area contributed by atoms with E-state index in [4.69, 9.17) is 13.8 Å². The molecule has 5 N–H and O–H groups in total. The number of phosphoric ester groups is 2. The van der Waals surface area contributed by atoms with Crippen molar-refractivity contribution in [2.45, 2.75) is 16.2 Å². The highest BCUT2D eigenvalue weighted by Gasteiger charge is 2.36. The van der Waals surface area contributed by atoms with Crippen LogP contribution in [0.5, 0.6) is 17.2 Å². The van der Waals surface area contributed by atoms with Gasteiger partial charge in [-0.05, 0) is 83.0 Å². The molecule has 0 radical (unpaired) electrons. The number of likely N-dealkylation sites (N-methyl/N-ethyl adjacent to an activating group) is 1. The molecular weight excluding hydrogens is 827 g/mol. The van der Waals surface area contributed by atoms with Crippen molar-refractivity contribution in [3.63, 3.8) is 0 Å². The van der Waals surface area contributed by atoms with Gasteiger partial charge in [0.2, 0.25) is 0 Å². The maximum atomic E-state index is 13.5. The first kappa shape index (κ1) is 42.9. The van der Waals surface area contributed by atoms with E-state index in [2.05, 4.69) is 18.2 Å². The number of amides is 1. The Labute approximate surface area is 350 Å². The number of hydrogen-bond donors (Lipinski definition) is 5. The van der Waals surface area contributed by atoms with E-state index in [1.165, 1.54) is 23.9 Å². The lowest BCUT2D eigenvalue weighted by Crippen LogP contribution is -2.45. The van der Waals surface area contributed by atoms with E-state index in [0.717, 1.165) is 43.4 Å². The van der Waals surface area contributed by atoms with Crippen LogP contribution in [-0.2, 0) is 13.9 Å². The Kier molecular flexibility index (Phi) is 12.7. The Morgan fingerprint density at radius 1 is 0.667 bits per heavy atom. The number of phosphoric acid groups is 2. The predicted molar refractivity (Wildman–Crippen MR) is 235 cm³/mol. The molecule has 0 bridgehead atoms. The maximum absolute atomic E-state index is 13.5. The number of ether oxygens (including phenoxy) is 1. The standard InChI is InChI=1S/C24H26N2O3S.C20H16O8P2/c1-25(2)14-15-26-19-8-4-6-16-7-5-9-20(21(16)19)30-23(22(27)24(26)28)17-10-12-18(29-3)13-11-17;21-29(22,23)27-17-11-9-13-5-1-3-7-15(13)19(17)20-16-8-4-2-6-14(16)10-12-18(20)28-30(24,25)26/h4-13,22-23,27H,14-15H2,1-3H3;1-12H,(H2,21,22,23)(H2,24,25,26). The Morgan fingerprint density at radius 3 is 1.70 bits per heavy atom. The summed E-state index contributed by atoms with van der Waals surface area (Å²) in [6, 6.07) is 39.9. The van der Waals surface area contributed by atoms with E-state index in [0.29, 0.717) is 23.9 Å². The number of aliphatic hydroxyl groups is 1. The molecule has 0 aliphatic carbocycles. The van der Waals surface area contributed by atoms with Gasteiger partial charge >= 0.3 is 15.6 Å². The normalized spacial score (nSPS) is 15.7. The number of methoxy groups -OCH3 is 1. The van der Waals surface area contributed by atoms with E-state index in [9.17, 15) is 38.6 Å². The monoisotopic (exact) mass is 868 g/mol. The summed E-state index contributed by atoms with van der Waals surface area (Å²) in [4.78, 5) is 56.0. The lowest BCUT2D eigenvalue weighted by molar-refractivity contribution is -0.126. The first-order valence-corrected chi connectivity index (χ1v) is 22.6. The molecule has 2 unspecified atom stereocenters. The number of hydrogen-bond acceptors (Lipinski definition) is 9. The molecule has 0 spiro atoms. The quantitative estimate of drug-likeness (QED) is 0.0824. The van der Waals surface area contributed by atoms with Crippen LogP contribution < -0.4 is 18.7 Å². The average molecular weight is 869 g/mol. The van der Waals surface area contributed by atoms with Gasteiger partial charge in [-0.2, -0.15) is 0 Å². The highest BCUT2D eigenvalue weighted by atomic mass is 32.2. The zero-order valence-corrected chi connectivity index (χ0v) is 35.3. The second-order valence-electron chi connectivity index (χ2n) is 14.2. The second kappa shape index (κ2) is 17.8. The van der Waals surface area contributed by atoms with Crippen molar-refractivity contribution in [2.75, 3.05) is 39.2 Å². The lowest BCUT2D eigenvalue weighted by atomic mass is 9.92. The van der Waals surface area contributed by atoms with Crippen molar-refractivity contribution in [3.05, 3.63) is 139 Å². The zero-order valence-electron chi connectivity index (χ0n) is 32.7. The van der Waals surface area contributed by atoms with E-state index in [1.807, 2.05) is 61.5 Å². The van der Waals surface area contributed by atoms with Gasteiger partial charge in [0.25, 0.3) is 5.91 Å². The number of aliphatic hydroxyl groups excluding tert-OH is 1. The van der Waals surface area contributed by atoms with Crippen LogP contribution in [0.25, 0.3) is 43.4 Å². The molecule has 7 aromatic rings. The molecule has 8 rings (SSSR count). The molecule has 310 valence electrons. The highest BCUT2D eigenvalue weighted by Crippen LogP contribution is 2.52. The highest BCUT2D eigenvalue weighted by molar-refractivity contribution is 7.99. The largest absolute Gasteiger partial charge is 0.524 e. The third kappa shape index (κ3) is 9.53. The van der Waals surface area contributed by atoms with Crippen molar-refractivity contribution < 1.29 is 52.4 Å². The summed E-state index contributed by atoms with van der Waals surface area (Å²) >= 11 is 1.54. The molecule has 1 aliphatic rings. The first-order chi connectivity index (χ1) is 28.6. The third-order valence-corrected chi connectivity index (χ3v) is 12.1. The molecular formula is C44H42N2O11P2S. The SMILES string of the molecule is COc1ccc(C2Sc3cccc4cccc(c34)N(CCN(C)C)C(=O)C2O)cc1.O=P(O)(O)Oc1ccc2ccccc2c1-c1c(OP(=O)(O)O)ccc2ccccc12. The average Bonchev–Trinajstić information content (AvgIpc) is 3.21. The van der Waals surface area contributed by atoms with Crippen LogP contribution in [0.1, 0.15) is 10.8 Å². The fourth-order valence-corrected chi connectivity index (χ4v) is 9.35. The smallest absolute Gasteiger partial charge is 0.497 e. The van der Waals surface area contributed by atoms with Crippen LogP contribution in [0, 0.1) is 0 Å². The van der Waals surface area contributed by atoms with Crippen LogP contribution in [0.2, 0.25) is 0 Å². The molecule has 0 saturated carbocycles. The molecule has 0 saturated heterocycles. The molecule has 1 amide bonds. The van der Waals surface area contributed by atoms with Crippen molar-refractivity contribution in [1.29, 1.82) is 0 Å². The van der Waals surface area contributed by atoms with Gasteiger partial charge in [0.1, 0.15) is 23.4 Å². The maximum Gasteiger partial charge on any atom is 0.524 e. The van der Waals surface area contributed by atoms with Gasteiger partial charge in [0, 0.05) is 34.5 Å².